The van der Waals surface area contributed by atoms with Crippen molar-refractivity contribution in [1.82, 2.24) is 4.90 Å². The average molecular weight is 245 g/mol. The van der Waals surface area contributed by atoms with Gasteiger partial charge in [0.2, 0.25) is 0 Å². The molecule has 0 amide bonds. The quantitative estimate of drug-likeness (QED) is 0.680. The molecule has 0 atom stereocenters. The van der Waals surface area contributed by atoms with Gasteiger partial charge in [0.25, 0.3) is 0 Å². The Bertz CT molecular complexity index is 343. The van der Waals surface area contributed by atoms with Gasteiger partial charge in [-0.1, -0.05) is 30.3 Å². The molecule has 0 spiro atoms. The summed E-state index contributed by atoms with van der Waals surface area (Å²) in [7, 11) is 0. The number of nitrogens with two attached hydrogens (primary N) is 1. The number of rotatable bonds is 9. The molecular weight excluding hydrogens is 222 g/mol. The molecule has 3 heteroatoms. The van der Waals surface area contributed by atoms with Crippen molar-refractivity contribution < 1.29 is 0 Å². The first-order valence-corrected chi connectivity index (χ1v) is 6.70. The van der Waals surface area contributed by atoms with Gasteiger partial charge in [0.1, 0.15) is 0 Å². The highest BCUT2D eigenvalue weighted by Crippen LogP contribution is 2.07. The maximum Gasteiger partial charge on any atom is 0.0621 e. The fraction of sp³-hybridized carbons (Fsp3) is 0.533. The van der Waals surface area contributed by atoms with E-state index in [1.807, 2.05) is 6.07 Å². The highest BCUT2D eigenvalue weighted by atomic mass is 15.1. The predicted octanol–water partition coefficient (Wildman–Crippen LogP) is 2.53. The van der Waals surface area contributed by atoms with Gasteiger partial charge in [-0.15, -0.1) is 0 Å². The molecule has 0 radical (unpaired) electrons. The molecule has 0 unspecified atom stereocenters. The molecule has 0 heterocycles. The summed E-state index contributed by atoms with van der Waals surface area (Å²) >= 11 is 0. The molecule has 0 fully saturated rings. The van der Waals surface area contributed by atoms with Crippen LogP contribution in [0, 0.1) is 11.3 Å². The maximum atomic E-state index is 8.53. The molecule has 0 saturated heterocycles. The predicted molar refractivity (Wildman–Crippen MR) is 74.9 cm³/mol. The van der Waals surface area contributed by atoms with E-state index in [1.165, 1.54) is 5.56 Å². The van der Waals surface area contributed by atoms with Gasteiger partial charge < -0.3 is 5.73 Å². The largest absolute Gasteiger partial charge is 0.330 e. The zero-order valence-corrected chi connectivity index (χ0v) is 11.0. The normalized spacial score (nSPS) is 10.5. The molecule has 0 bridgehead atoms. The molecule has 0 aliphatic carbocycles. The third-order valence-corrected chi connectivity index (χ3v) is 2.94. The van der Waals surface area contributed by atoms with Crippen LogP contribution in [-0.2, 0) is 6.54 Å². The van der Waals surface area contributed by atoms with Crippen molar-refractivity contribution in [2.24, 2.45) is 5.73 Å². The van der Waals surface area contributed by atoms with Gasteiger partial charge in [0.05, 0.1) is 6.07 Å². The number of nitriles is 1. The zero-order chi connectivity index (χ0) is 13.1. The van der Waals surface area contributed by atoms with Gasteiger partial charge >= 0.3 is 0 Å². The molecule has 98 valence electrons. The molecule has 1 rings (SSSR count). The minimum atomic E-state index is 0.663. The standard InChI is InChI=1S/C15H23N3/c16-10-5-2-6-12-18(13-7-11-17)14-15-8-3-1-4-9-15/h1,3-4,8-9H,2,5-7,11-14,17H2. The Kier molecular flexibility index (Phi) is 7.87. The smallest absolute Gasteiger partial charge is 0.0621 e. The lowest BCUT2D eigenvalue weighted by Crippen LogP contribution is -2.27. The fourth-order valence-corrected chi connectivity index (χ4v) is 1.97. The SMILES string of the molecule is N#CCCCCN(CCCN)Cc1ccccc1. The van der Waals surface area contributed by atoms with E-state index in [0.717, 1.165) is 45.4 Å². The summed E-state index contributed by atoms with van der Waals surface area (Å²) in [5.41, 5.74) is 6.92. The lowest BCUT2D eigenvalue weighted by molar-refractivity contribution is 0.258. The molecular formula is C15H23N3. The van der Waals surface area contributed by atoms with Crippen LogP contribution in [0.1, 0.15) is 31.2 Å². The van der Waals surface area contributed by atoms with Crippen LogP contribution in [0.3, 0.4) is 0 Å². The van der Waals surface area contributed by atoms with Crippen LogP contribution in [0.2, 0.25) is 0 Å². The summed E-state index contributed by atoms with van der Waals surface area (Å²) < 4.78 is 0. The molecule has 1 aromatic rings. The number of hydrogen-bond acceptors (Lipinski definition) is 3. The van der Waals surface area contributed by atoms with E-state index < -0.39 is 0 Å². The van der Waals surface area contributed by atoms with Crippen molar-refractivity contribution in [1.29, 1.82) is 5.26 Å². The Morgan fingerprint density at radius 3 is 2.44 bits per heavy atom. The van der Waals surface area contributed by atoms with Gasteiger partial charge in [-0.2, -0.15) is 5.26 Å². The fourth-order valence-electron chi connectivity index (χ4n) is 1.97. The van der Waals surface area contributed by atoms with Crippen LogP contribution >= 0.6 is 0 Å². The van der Waals surface area contributed by atoms with Crippen LogP contribution in [0.25, 0.3) is 0 Å². The number of nitrogens with zero attached hydrogens (tertiary/aromatic N) is 2. The van der Waals surface area contributed by atoms with Crippen molar-refractivity contribution >= 4 is 0 Å². The molecule has 1 aromatic carbocycles. The topological polar surface area (TPSA) is 53.0 Å². The van der Waals surface area contributed by atoms with Crippen LogP contribution in [0.15, 0.2) is 30.3 Å². The minimum absolute atomic E-state index is 0.663. The first-order valence-electron chi connectivity index (χ1n) is 6.70. The molecule has 0 aromatic heterocycles. The Balaban J connectivity index is 2.37. The number of hydrogen-bond donors (Lipinski definition) is 1. The zero-order valence-electron chi connectivity index (χ0n) is 11.0. The molecule has 0 aliphatic rings. The van der Waals surface area contributed by atoms with Crippen molar-refractivity contribution in [3.8, 4) is 6.07 Å². The average Bonchev–Trinajstić information content (AvgIpc) is 2.41. The van der Waals surface area contributed by atoms with Gasteiger partial charge in [0, 0.05) is 13.0 Å². The highest BCUT2D eigenvalue weighted by Gasteiger charge is 2.05. The van der Waals surface area contributed by atoms with Crippen molar-refractivity contribution in [3.63, 3.8) is 0 Å². The Morgan fingerprint density at radius 1 is 1.06 bits per heavy atom. The highest BCUT2D eigenvalue weighted by molar-refractivity contribution is 5.14. The molecule has 18 heavy (non-hydrogen) atoms. The number of benzene rings is 1. The van der Waals surface area contributed by atoms with Gasteiger partial charge in [-0.05, 0) is 44.5 Å². The van der Waals surface area contributed by atoms with E-state index in [9.17, 15) is 0 Å². The third-order valence-electron chi connectivity index (χ3n) is 2.94. The maximum absolute atomic E-state index is 8.53. The van der Waals surface area contributed by atoms with E-state index in [4.69, 9.17) is 11.0 Å². The number of unbranched alkanes of at least 4 members (excludes halogenated alkanes) is 2. The molecule has 2 N–H and O–H groups in total. The summed E-state index contributed by atoms with van der Waals surface area (Å²) in [6.45, 7) is 3.81. The summed E-state index contributed by atoms with van der Waals surface area (Å²) in [6.07, 6.45) is 3.77. The molecule has 0 aliphatic heterocycles. The Labute approximate surface area is 110 Å². The summed E-state index contributed by atoms with van der Waals surface area (Å²) in [5, 5.41) is 8.53. The van der Waals surface area contributed by atoms with E-state index in [1.54, 1.807) is 0 Å². The third kappa shape index (κ3) is 6.39. The minimum Gasteiger partial charge on any atom is -0.330 e. The van der Waals surface area contributed by atoms with Gasteiger partial charge in [-0.25, -0.2) is 0 Å². The Morgan fingerprint density at radius 2 is 1.78 bits per heavy atom. The lowest BCUT2D eigenvalue weighted by atomic mass is 10.2. The summed E-state index contributed by atoms with van der Waals surface area (Å²) in [5.74, 6) is 0. The second-order valence-electron chi connectivity index (χ2n) is 4.52. The van der Waals surface area contributed by atoms with E-state index in [2.05, 4.69) is 35.2 Å². The van der Waals surface area contributed by atoms with Crippen molar-refractivity contribution in [2.75, 3.05) is 19.6 Å². The second-order valence-corrected chi connectivity index (χ2v) is 4.52. The Hall–Kier alpha value is -1.37. The molecule has 3 nitrogen and oxygen atoms in total. The van der Waals surface area contributed by atoms with Gasteiger partial charge in [-0.3, -0.25) is 4.90 Å². The lowest BCUT2D eigenvalue weighted by Gasteiger charge is -2.22. The van der Waals surface area contributed by atoms with Gasteiger partial charge in [0.15, 0.2) is 0 Å². The first-order chi connectivity index (χ1) is 8.86. The van der Waals surface area contributed by atoms with Crippen LogP contribution in [0.5, 0.6) is 0 Å². The molecule has 0 saturated carbocycles. The van der Waals surface area contributed by atoms with E-state index in [0.29, 0.717) is 6.42 Å². The van der Waals surface area contributed by atoms with Crippen LogP contribution in [0.4, 0.5) is 0 Å². The van der Waals surface area contributed by atoms with E-state index >= 15 is 0 Å². The van der Waals surface area contributed by atoms with E-state index in [-0.39, 0.29) is 0 Å². The summed E-state index contributed by atoms with van der Waals surface area (Å²) in [6, 6.07) is 12.7. The van der Waals surface area contributed by atoms with Crippen molar-refractivity contribution in [3.05, 3.63) is 35.9 Å². The summed E-state index contributed by atoms with van der Waals surface area (Å²) in [4.78, 5) is 2.43. The monoisotopic (exact) mass is 245 g/mol. The first kappa shape index (κ1) is 14.7. The van der Waals surface area contributed by atoms with Crippen LogP contribution < -0.4 is 5.73 Å². The van der Waals surface area contributed by atoms with Crippen molar-refractivity contribution in [2.45, 2.75) is 32.2 Å². The van der Waals surface area contributed by atoms with Crippen LogP contribution in [-0.4, -0.2) is 24.5 Å². The second kappa shape index (κ2) is 9.64.